The van der Waals surface area contributed by atoms with Gasteiger partial charge < -0.3 is 15.1 Å². The summed E-state index contributed by atoms with van der Waals surface area (Å²) in [4.78, 5) is 9.54. The van der Waals surface area contributed by atoms with E-state index in [1.165, 1.54) is 11.9 Å². The van der Waals surface area contributed by atoms with Crippen LogP contribution >= 0.6 is 0 Å². The van der Waals surface area contributed by atoms with Gasteiger partial charge in [-0.25, -0.2) is 17.9 Å². The number of nitrogens with zero attached hydrogens (tertiary/aromatic N) is 5. The highest BCUT2D eigenvalue weighted by molar-refractivity contribution is 7.90. The molecule has 1 aliphatic rings. The average molecular weight is 477 g/mol. The highest BCUT2D eigenvalue weighted by Crippen LogP contribution is 2.27. The Balaban J connectivity index is 1.40. The monoisotopic (exact) mass is 476 g/mol. The first-order chi connectivity index (χ1) is 16.3. The molecule has 2 aromatic carbocycles. The number of sulfone groups is 1. The Bertz CT molecular complexity index is 1420. The zero-order chi connectivity index (χ0) is 23.9. The largest absolute Gasteiger partial charge is 0.369 e. The number of anilines is 3. The van der Waals surface area contributed by atoms with Crippen LogP contribution in [0.15, 0.2) is 65.7 Å². The molecule has 8 nitrogen and oxygen atoms in total. The van der Waals surface area contributed by atoms with Crippen LogP contribution in [0.25, 0.3) is 16.8 Å². The van der Waals surface area contributed by atoms with Crippen molar-refractivity contribution in [3.8, 4) is 11.3 Å². The summed E-state index contributed by atoms with van der Waals surface area (Å²) >= 11 is 0. The van der Waals surface area contributed by atoms with Crippen LogP contribution in [0.4, 0.5) is 17.3 Å². The molecule has 5 rings (SSSR count). The maximum atomic E-state index is 11.8. The van der Waals surface area contributed by atoms with Crippen molar-refractivity contribution < 1.29 is 8.42 Å². The van der Waals surface area contributed by atoms with E-state index in [-0.39, 0.29) is 0 Å². The van der Waals surface area contributed by atoms with Crippen molar-refractivity contribution in [1.29, 1.82) is 0 Å². The lowest BCUT2D eigenvalue weighted by Gasteiger charge is -2.34. The van der Waals surface area contributed by atoms with Crippen molar-refractivity contribution in [2.75, 3.05) is 49.7 Å². The van der Waals surface area contributed by atoms with Gasteiger partial charge in [0, 0.05) is 49.4 Å². The summed E-state index contributed by atoms with van der Waals surface area (Å²) in [5.74, 6) is 0.490. The topological polar surface area (TPSA) is 82.8 Å². The molecule has 1 saturated heterocycles. The van der Waals surface area contributed by atoms with Crippen molar-refractivity contribution in [2.45, 2.75) is 11.8 Å². The Labute approximate surface area is 199 Å². The van der Waals surface area contributed by atoms with Crippen LogP contribution in [0.5, 0.6) is 0 Å². The summed E-state index contributed by atoms with van der Waals surface area (Å²) in [6, 6.07) is 17.3. The summed E-state index contributed by atoms with van der Waals surface area (Å²) in [6.45, 7) is 6.22. The predicted octanol–water partition coefficient (Wildman–Crippen LogP) is 3.60. The Morgan fingerprint density at radius 3 is 2.26 bits per heavy atom. The van der Waals surface area contributed by atoms with Crippen LogP contribution in [0, 0.1) is 6.92 Å². The van der Waals surface area contributed by atoms with Crippen molar-refractivity contribution >= 4 is 32.7 Å². The van der Waals surface area contributed by atoms with E-state index in [0.717, 1.165) is 54.2 Å². The summed E-state index contributed by atoms with van der Waals surface area (Å²) in [5, 5.41) is 8.02. The summed E-state index contributed by atoms with van der Waals surface area (Å²) in [5.41, 5.74) is 5.85. The number of fused-ring (bicyclic) bond motifs is 1. The molecule has 34 heavy (non-hydrogen) atoms. The van der Waals surface area contributed by atoms with E-state index in [9.17, 15) is 8.42 Å². The maximum absolute atomic E-state index is 11.8. The Kier molecular flexibility index (Phi) is 5.75. The van der Waals surface area contributed by atoms with Gasteiger partial charge in [-0.05, 0) is 62.0 Å². The van der Waals surface area contributed by atoms with E-state index >= 15 is 0 Å². The third-order valence-electron chi connectivity index (χ3n) is 6.29. The van der Waals surface area contributed by atoms with Crippen molar-refractivity contribution in [1.82, 2.24) is 19.5 Å². The van der Waals surface area contributed by atoms with E-state index in [1.54, 1.807) is 18.3 Å². The molecular weight excluding hydrogens is 448 g/mol. The number of nitrogens with one attached hydrogen (secondary N) is 1. The second-order valence-electron chi connectivity index (χ2n) is 8.85. The van der Waals surface area contributed by atoms with Gasteiger partial charge in [0.15, 0.2) is 9.84 Å². The van der Waals surface area contributed by atoms with Gasteiger partial charge in [0.2, 0.25) is 5.95 Å². The predicted molar refractivity (Wildman–Crippen MR) is 136 cm³/mol. The summed E-state index contributed by atoms with van der Waals surface area (Å²) in [6.07, 6.45) is 3.01. The molecule has 0 saturated carbocycles. The molecule has 0 aliphatic carbocycles. The minimum absolute atomic E-state index is 0.297. The quantitative estimate of drug-likeness (QED) is 0.471. The first-order valence-electron chi connectivity index (χ1n) is 11.2. The molecule has 3 heterocycles. The zero-order valence-electron chi connectivity index (χ0n) is 19.6. The maximum Gasteiger partial charge on any atom is 0.245 e. The molecule has 2 aromatic heterocycles. The molecule has 9 heteroatoms. The highest BCUT2D eigenvalue weighted by Gasteiger charge is 2.15. The molecule has 0 atom stereocenters. The molecule has 0 unspecified atom stereocenters. The molecule has 1 N–H and O–H groups in total. The van der Waals surface area contributed by atoms with E-state index < -0.39 is 9.84 Å². The SMILES string of the molecule is Cc1cc(-c2ccc(S(C)(=O)=O)cc2)n2nc(Nc3ccc(N4CCN(C)CC4)cc3)ncc12. The summed E-state index contributed by atoms with van der Waals surface area (Å²) < 4.78 is 25.4. The minimum atomic E-state index is -3.24. The van der Waals surface area contributed by atoms with Gasteiger partial charge >= 0.3 is 0 Å². The lowest BCUT2D eigenvalue weighted by Crippen LogP contribution is -2.44. The average Bonchev–Trinajstić information content (AvgIpc) is 3.15. The molecule has 0 spiro atoms. The molecule has 1 aliphatic heterocycles. The number of likely N-dealkylation sites (N-methyl/N-ethyl adjacent to an activating group) is 1. The van der Waals surface area contributed by atoms with Crippen LogP contribution in [-0.4, -0.2) is 67.4 Å². The Hall–Kier alpha value is -3.43. The third-order valence-corrected chi connectivity index (χ3v) is 7.42. The number of benzene rings is 2. The summed E-state index contributed by atoms with van der Waals surface area (Å²) in [7, 11) is -1.08. The van der Waals surface area contributed by atoms with E-state index in [2.05, 4.69) is 39.3 Å². The molecule has 1 fully saturated rings. The number of hydrogen-bond acceptors (Lipinski definition) is 7. The smallest absolute Gasteiger partial charge is 0.245 e. The number of rotatable bonds is 5. The highest BCUT2D eigenvalue weighted by atomic mass is 32.2. The van der Waals surface area contributed by atoms with Crippen molar-refractivity contribution in [2.24, 2.45) is 0 Å². The van der Waals surface area contributed by atoms with Gasteiger partial charge in [0.05, 0.1) is 22.3 Å². The number of aryl methyl sites for hydroxylation is 1. The van der Waals surface area contributed by atoms with Crippen LogP contribution in [0.1, 0.15) is 5.56 Å². The third kappa shape index (κ3) is 4.49. The fourth-order valence-electron chi connectivity index (χ4n) is 4.23. The van der Waals surface area contributed by atoms with Gasteiger partial charge in [-0.3, -0.25) is 0 Å². The zero-order valence-corrected chi connectivity index (χ0v) is 20.4. The van der Waals surface area contributed by atoms with Crippen LogP contribution in [-0.2, 0) is 9.84 Å². The lowest BCUT2D eigenvalue weighted by molar-refractivity contribution is 0.313. The van der Waals surface area contributed by atoms with Crippen LogP contribution < -0.4 is 10.2 Å². The van der Waals surface area contributed by atoms with E-state index in [0.29, 0.717) is 10.8 Å². The molecule has 4 aromatic rings. The van der Waals surface area contributed by atoms with Gasteiger partial charge in [0.25, 0.3) is 0 Å². The van der Waals surface area contributed by atoms with Crippen molar-refractivity contribution in [3.63, 3.8) is 0 Å². The fraction of sp³-hybridized carbons (Fsp3) is 0.280. The standard InChI is InChI=1S/C25H28N6O2S/c1-18-16-23(19-4-10-22(11-5-19)34(3,32)33)31-24(18)17-26-25(28-31)27-20-6-8-21(9-7-20)30-14-12-29(2)13-15-30/h4-11,16-17H,12-15H2,1-3H3,(H,27,28). The Morgan fingerprint density at radius 2 is 1.62 bits per heavy atom. The van der Waals surface area contributed by atoms with E-state index in [4.69, 9.17) is 5.10 Å². The first kappa shape index (κ1) is 22.4. The van der Waals surface area contributed by atoms with E-state index in [1.807, 2.05) is 41.8 Å². The fourth-order valence-corrected chi connectivity index (χ4v) is 4.86. The van der Waals surface area contributed by atoms with Gasteiger partial charge in [-0.2, -0.15) is 0 Å². The van der Waals surface area contributed by atoms with Gasteiger partial charge in [0.1, 0.15) is 0 Å². The number of aromatic nitrogens is 3. The van der Waals surface area contributed by atoms with Gasteiger partial charge in [-0.15, -0.1) is 5.10 Å². The van der Waals surface area contributed by atoms with Crippen LogP contribution in [0.3, 0.4) is 0 Å². The number of hydrogen-bond donors (Lipinski definition) is 1. The Morgan fingerprint density at radius 1 is 0.941 bits per heavy atom. The molecule has 0 radical (unpaired) electrons. The molecular formula is C25H28N6O2S. The van der Waals surface area contributed by atoms with Crippen molar-refractivity contribution in [3.05, 3.63) is 66.4 Å². The minimum Gasteiger partial charge on any atom is -0.369 e. The molecule has 176 valence electrons. The second kappa shape index (κ2) is 8.73. The van der Waals surface area contributed by atoms with Gasteiger partial charge in [-0.1, -0.05) is 12.1 Å². The van der Waals surface area contributed by atoms with Crippen LogP contribution in [0.2, 0.25) is 0 Å². The number of piperazine rings is 1. The second-order valence-corrected chi connectivity index (χ2v) is 10.9. The first-order valence-corrected chi connectivity index (χ1v) is 13.1. The molecule has 0 bridgehead atoms. The molecule has 0 amide bonds. The normalized spacial score (nSPS) is 15.1. The lowest BCUT2D eigenvalue weighted by atomic mass is 10.1.